The molecule has 0 bridgehead atoms. The van der Waals surface area contributed by atoms with Crippen molar-refractivity contribution >= 4 is 11.7 Å². The van der Waals surface area contributed by atoms with Crippen molar-refractivity contribution in [3.8, 4) is 0 Å². The molecule has 2 aliphatic rings. The summed E-state index contributed by atoms with van der Waals surface area (Å²) in [7, 11) is 0. The Kier molecular flexibility index (Phi) is 4.15. The first-order valence-corrected chi connectivity index (χ1v) is 6.59. The summed E-state index contributed by atoms with van der Waals surface area (Å²) in [6, 6.07) is 0. The predicted molar refractivity (Wildman–Crippen MR) is 63.5 cm³/mol. The molecule has 4 nitrogen and oxygen atoms in total. The van der Waals surface area contributed by atoms with Crippen LogP contribution in [-0.4, -0.2) is 42.9 Å². The molecule has 0 radical (unpaired) electrons. The van der Waals surface area contributed by atoms with Crippen LogP contribution in [0.25, 0.3) is 0 Å². The standard InChI is InChI=1S/C13H21NO3/c1-2-3-10-6-13(16)14(7-10)8-12(15)11-4-5-17-9-11/h10-11H,2-9H2,1H3. The van der Waals surface area contributed by atoms with Crippen LogP contribution < -0.4 is 0 Å². The summed E-state index contributed by atoms with van der Waals surface area (Å²) in [4.78, 5) is 25.4. The topological polar surface area (TPSA) is 46.6 Å². The third kappa shape index (κ3) is 3.06. The second-order valence-electron chi connectivity index (χ2n) is 5.16. The summed E-state index contributed by atoms with van der Waals surface area (Å²) in [5.41, 5.74) is 0. The zero-order chi connectivity index (χ0) is 12.3. The molecule has 0 spiro atoms. The van der Waals surface area contributed by atoms with Gasteiger partial charge in [-0.2, -0.15) is 0 Å². The quantitative estimate of drug-likeness (QED) is 0.725. The van der Waals surface area contributed by atoms with Gasteiger partial charge in [-0.05, 0) is 18.8 Å². The van der Waals surface area contributed by atoms with Crippen LogP contribution in [0.2, 0.25) is 0 Å². The monoisotopic (exact) mass is 239 g/mol. The van der Waals surface area contributed by atoms with Gasteiger partial charge < -0.3 is 9.64 Å². The van der Waals surface area contributed by atoms with Crippen LogP contribution in [0.1, 0.15) is 32.6 Å². The first-order valence-electron chi connectivity index (χ1n) is 6.59. The van der Waals surface area contributed by atoms with Crippen LogP contribution in [0, 0.1) is 11.8 Å². The number of likely N-dealkylation sites (tertiary alicyclic amines) is 1. The lowest BCUT2D eigenvalue weighted by molar-refractivity contribution is -0.133. The Hall–Kier alpha value is -0.900. The Labute approximate surface area is 102 Å². The van der Waals surface area contributed by atoms with Crippen LogP contribution in [0.5, 0.6) is 0 Å². The highest BCUT2D eigenvalue weighted by atomic mass is 16.5. The minimum Gasteiger partial charge on any atom is -0.381 e. The van der Waals surface area contributed by atoms with Crippen molar-refractivity contribution < 1.29 is 14.3 Å². The highest BCUT2D eigenvalue weighted by Crippen LogP contribution is 2.23. The number of ketones is 1. The molecular weight excluding hydrogens is 218 g/mol. The summed E-state index contributed by atoms with van der Waals surface area (Å²) < 4.78 is 5.20. The molecule has 0 aromatic carbocycles. The molecule has 2 heterocycles. The number of amides is 1. The average molecular weight is 239 g/mol. The van der Waals surface area contributed by atoms with E-state index in [0.29, 0.717) is 32.1 Å². The van der Waals surface area contributed by atoms with E-state index < -0.39 is 0 Å². The average Bonchev–Trinajstić information content (AvgIpc) is 2.90. The van der Waals surface area contributed by atoms with E-state index in [9.17, 15) is 9.59 Å². The minimum absolute atomic E-state index is 0.0213. The lowest BCUT2D eigenvalue weighted by Gasteiger charge is -2.17. The van der Waals surface area contributed by atoms with Crippen LogP contribution in [0.3, 0.4) is 0 Å². The fourth-order valence-electron chi connectivity index (χ4n) is 2.71. The highest BCUT2D eigenvalue weighted by Gasteiger charge is 2.32. The summed E-state index contributed by atoms with van der Waals surface area (Å²) in [6.07, 6.45) is 3.64. The molecule has 2 rings (SSSR count). The normalized spacial score (nSPS) is 29.0. The Morgan fingerprint density at radius 1 is 1.53 bits per heavy atom. The Morgan fingerprint density at radius 2 is 2.35 bits per heavy atom. The van der Waals surface area contributed by atoms with Gasteiger partial charge in [0, 0.05) is 25.5 Å². The molecule has 96 valence electrons. The van der Waals surface area contributed by atoms with E-state index in [1.807, 2.05) is 0 Å². The summed E-state index contributed by atoms with van der Waals surface area (Å²) >= 11 is 0. The van der Waals surface area contributed by atoms with E-state index >= 15 is 0 Å². The number of carbonyl (C=O) groups excluding carboxylic acids is 2. The Bertz CT molecular complexity index is 297. The van der Waals surface area contributed by atoms with Crippen molar-refractivity contribution in [2.75, 3.05) is 26.3 Å². The fourth-order valence-corrected chi connectivity index (χ4v) is 2.71. The van der Waals surface area contributed by atoms with Gasteiger partial charge in [-0.1, -0.05) is 13.3 Å². The van der Waals surface area contributed by atoms with Gasteiger partial charge in [0.25, 0.3) is 0 Å². The van der Waals surface area contributed by atoms with Crippen LogP contribution in [0.15, 0.2) is 0 Å². The van der Waals surface area contributed by atoms with Gasteiger partial charge in [0.1, 0.15) is 0 Å². The van der Waals surface area contributed by atoms with Crippen molar-refractivity contribution in [1.29, 1.82) is 0 Å². The van der Waals surface area contributed by atoms with Crippen LogP contribution in [-0.2, 0) is 14.3 Å². The van der Waals surface area contributed by atoms with Crippen molar-refractivity contribution in [2.24, 2.45) is 11.8 Å². The van der Waals surface area contributed by atoms with E-state index in [4.69, 9.17) is 4.74 Å². The molecule has 0 N–H and O–H groups in total. The molecule has 0 aliphatic carbocycles. The molecule has 2 fully saturated rings. The maximum absolute atomic E-state index is 11.9. The maximum atomic E-state index is 11.9. The van der Waals surface area contributed by atoms with E-state index in [-0.39, 0.29) is 17.6 Å². The molecule has 0 saturated carbocycles. The van der Waals surface area contributed by atoms with E-state index in [0.717, 1.165) is 25.8 Å². The zero-order valence-electron chi connectivity index (χ0n) is 10.5. The molecule has 2 unspecified atom stereocenters. The molecule has 2 saturated heterocycles. The van der Waals surface area contributed by atoms with Gasteiger partial charge in [-0.15, -0.1) is 0 Å². The number of ether oxygens (including phenoxy) is 1. The lowest BCUT2D eigenvalue weighted by atomic mass is 10.0. The van der Waals surface area contributed by atoms with E-state index in [2.05, 4.69) is 6.92 Å². The number of carbonyl (C=O) groups is 2. The van der Waals surface area contributed by atoms with Gasteiger partial charge in [0.05, 0.1) is 13.2 Å². The molecule has 0 aromatic heterocycles. The SMILES string of the molecule is CCCC1CC(=O)N(CC(=O)C2CCOC2)C1. The molecule has 2 atom stereocenters. The van der Waals surface area contributed by atoms with Gasteiger partial charge in [-0.3, -0.25) is 9.59 Å². The fraction of sp³-hybridized carbons (Fsp3) is 0.846. The van der Waals surface area contributed by atoms with Crippen LogP contribution >= 0.6 is 0 Å². The number of Topliss-reactive ketones (excluding diaryl/α,β-unsaturated/α-hetero) is 1. The number of hydrogen-bond donors (Lipinski definition) is 0. The third-order valence-electron chi connectivity index (χ3n) is 3.72. The van der Waals surface area contributed by atoms with E-state index in [1.165, 1.54) is 0 Å². The van der Waals surface area contributed by atoms with Gasteiger partial charge in [-0.25, -0.2) is 0 Å². The summed E-state index contributed by atoms with van der Waals surface area (Å²) in [5.74, 6) is 0.803. The first kappa shape index (κ1) is 12.6. The molecule has 2 aliphatic heterocycles. The zero-order valence-corrected chi connectivity index (χ0v) is 10.5. The first-order chi connectivity index (χ1) is 8.20. The number of rotatable bonds is 5. The van der Waals surface area contributed by atoms with E-state index in [1.54, 1.807) is 4.90 Å². The van der Waals surface area contributed by atoms with Gasteiger partial charge >= 0.3 is 0 Å². The summed E-state index contributed by atoms with van der Waals surface area (Å²) in [6.45, 7) is 4.43. The van der Waals surface area contributed by atoms with Gasteiger partial charge in [0.15, 0.2) is 5.78 Å². The lowest BCUT2D eigenvalue weighted by Crippen LogP contribution is -2.34. The van der Waals surface area contributed by atoms with Crippen molar-refractivity contribution in [1.82, 2.24) is 4.90 Å². The minimum atomic E-state index is 0.0213. The largest absolute Gasteiger partial charge is 0.381 e. The van der Waals surface area contributed by atoms with Crippen LogP contribution in [0.4, 0.5) is 0 Å². The Morgan fingerprint density at radius 3 is 3.00 bits per heavy atom. The Balaban J connectivity index is 1.82. The van der Waals surface area contributed by atoms with Crippen molar-refractivity contribution in [2.45, 2.75) is 32.6 Å². The second-order valence-corrected chi connectivity index (χ2v) is 5.16. The molecule has 4 heteroatoms. The highest BCUT2D eigenvalue weighted by molar-refractivity contribution is 5.88. The smallest absolute Gasteiger partial charge is 0.223 e. The van der Waals surface area contributed by atoms with Crippen molar-refractivity contribution in [3.63, 3.8) is 0 Å². The third-order valence-corrected chi connectivity index (χ3v) is 3.72. The predicted octanol–water partition coefficient (Wildman–Crippen LogP) is 1.24. The molecule has 17 heavy (non-hydrogen) atoms. The number of nitrogens with zero attached hydrogens (tertiary/aromatic N) is 1. The van der Waals surface area contributed by atoms with Crippen molar-refractivity contribution in [3.05, 3.63) is 0 Å². The number of hydrogen-bond acceptors (Lipinski definition) is 3. The molecule has 1 amide bonds. The summed E-state index contributed by atoms with van der Waals surface area (Å²) in [5, 5.41) is 0. The second kappa shape index (κ2) is 5.63. The molecular formula is C13H21NO3. The molecule has 0 aromatic rings. The van der Waals surface area contributed by atoms with Gasteiger partial charge in [0.2, 0.25) is 5.91 Å². The maximum Gasteiger partial charge on any atom is 0.223 e.